The molecule has 0 fully saturated rings. The Morgan fingerprint density at radius 2 is 1.68 bits per heavy atom. The van der Waals surface area contributed by atoms with Crippen molar-refractivity contribution in [2.24, 2.45) is 0 Å². The van der Waals surface area contributed by atoms with Crippen LogP contribution in [0.5, 0.6) is 5.75 Å². The van der Waals surface area contributed by atoms with Gasteiger partial charge in [0.15, 0.2) is 0 Å². The number of amides is 2. The molecule has 0 radical (unpaired) electrons. The molecule has 4 rings (SSSR count). The number of anilines is 1. The maximum absolute atomic E-state index is 13.9. The molecule has 0 saturated carbocycles. The first kappa shape index (κ1) is 23.3. The zero-order chi connectivity index (χ0) is 24.0. The van der Waals surface area contributed by atoms with Crippen LogP contribution in [-0.4, -0.2) is 37.4 Å². The third-order valence-corrected chi connectivity index (χ3v) is 6.13. The first-order valence-electron chi connectivity index (χ1n) is 11.2. The second-order valence-electron chi connectivity index (χ2n) is 8.23. The molecule has 7 heteroatoms. The molecule has 0 unspecified atom stereocenters. The van der Waals surface area contributed by atoms with Crippen LogP contribution in [0.2, 0.25) is 0 Å². The molecule has 0 bridgehead atoms. The lowest BCUT2D eigenvalue weighted by molar-refractivity contribution is -0.123. The van der Waals surface area contributed by atoms with Gasteiger partial charge >= 0.3 is 6.09 Å². The Morgan fingerprint density at radius 1 is 1.00 bits per heavy atom. The second-order valence-corrected chi connectivity index (χ2v) is 8.23. The summed E-state index contributed by atoms with van der Waals surface area (Å²) in [5, 5.41) is 12.7. The zero-order valence-electron chi connectivity index (χ0n) is 19.1. The fraction of sp³-hybridized carbons (Fsp3) is 0.259. The number of aliphatic hydroxyl groups excluding tert-OH is 1. The average molecular weight is 461 g/mol. The van der Waals surface area contributed by atoms with Crippen LogP contribution in [0.3, 0.4) is 0 Å². The van der Waals surface area contributed by atoms with E-state index in [-0.39, 0.29) is 32.1 Å². The maximum atomic E-state index is 13.9. The molecule has 0 aromatic heterocycles. The fourth-order valence-corrected chi connectivity index (χ4v) is 4.36. The molecule has 1 aliphatic rings. The summed E-state index contributed by atoms with van der Waals surface area (Å²) in [6.07, 6.45) is -0.476. The molecule has 1 aliphatic heterocycles. The number of alkyl carbamates (subject to hydrolysis) is 1. The maximum Gasteiger partial charge on any atom is 0.407 e. The molecule has 7 nitrogen and oxygen atoms in total. The number of nitrogens with one attached hydrogen (secondary N) is 1. The van der Waals surface area contributed by atoms with Crippen LogP contribution in [0.25, 0.3) is 0 Å². The highest BCUT2D eigenvalue weighted by atomic mass is 16.5. The van der Waals surface area contributed by atoms with Crippen molar-refractivity contribution in [3.05, 3.63) is 95.6 Å². The van der Waals surface area contributed by atoms with Crippen molar-refractivity contribution in [3.8, 4) is 5.75 Å². The Bertz CT molecular complexity index is 1140. The standard InChI is InChI=1S/C27H28N2O5/c1-33-22-12-13-24-23(16-22)27(14-15-30,25(31)29(24)17-20-8-4-2-5-9-20)19-28-26(32)34-18-21-10-6-3-7-11-21/h2-13,16,30H,14-15,17-19H2,1H3,(H,28,32)/t27-/m0/s1. The van der Waals surface area contributed by atoms with E-state index >= 15 is 0 Å². The number of carbonyl (C=O) groups excluding carboxylic acids is 2. The van der Waals surface area contributed by atoms with Crippen molar-refractivity contribution in [2.75, 3.05) is 25.2 Å². The minimum absolute atomic E-state index is 0.00846. The monoisotopic (exact) mass is 460 g/mol. The first-order valence-corrected chi connectivity index (χ1v) is 11.2. The van der Waals surface area contributed by atoms with Gasteiger partial charge in [0.1, 0.15) is 12.4 Å². The summed E-state index contributed by atoms with van der Waals surface area (Å²) in [5.41, 5.74) is 2.16. The Morgan fingerprint density at radius 3 is 2.32 bits per heavy atom. The highest BCUT2D eigenvalue weighted by Crippen LogP contribution is 2.46. The number of fused-ring (bicyclic) bond motifs is 1. The topological polar surface area (TPSA) is 88.1 Å². The summed E-state index contributed by atoms with van der Waals surface area (Å²) in [4.78, 5) is 28.0. The number of ether oxygens (including phenoxy) is 2. The predicted molar refractivity (Wildman–Crippen MR) is 129 cm³/mol. The van der Waals surface area contributed by atoms with Crippen molar-refractivity contribution in [1.82, 2.24) is 5.32 Å². The van der Waals surface area contributed by atoms with Crippen molar-refractivity contribution in [1.29, 1.82) is 0 Å². The molecule has 3 aromatic rings. The third kappa shape index (κ3) is 4.75. The van der Waals surface area contributed by atoms with Crippen LogP contribution in [0, 0.1) is 0 Å². The molecule has 0 saturated heterocycles. The van der Waals surface area contributed by atoms with Gasteiger partial charge in [-0.1, -0.05) is 60.7 Å². The van der Waals surface area contributed by atoms with Gasteiger partial charge in [-0.3, -0.25) is 4.79 Å². The summed E-state index contributed by atoms with van der Waals surface area (Å²) in [6.45, 7) is 0.274. The van der Waals surface area contributed by atoms with E-state index in [1.165, 1.54) is 0 Å². The number of methoxy groups -OCH3 is 1. The number of rotatable bonds is 9. The summed E-state index contributed by atoms with van der Waals surface area (Å²) in [7, 11) is 1.56. The van der Waals surface area contributed by atoms with Gasteiger partial charge in [-0.15, -0.1) is 0 Å². The van der Waals surface area contributed by atoms with Crippen LogP contribution in [0.4, 0.5) is 10.5 Å². The highest BCUT2D eigenvalue weighted by Gasteiger charge is 2.51. The van der Waals surface area contributed by atoms with Crippen molar-refractivity contribution < 1.29 is 24.2 Å². The second kappa shape index (κ2) is 10.4. The molecular formula is C27H28N2O5. The van der Waals surface area contributed by atoms with E-state index in [4.69, 9.17) is 9.47 Å². The molecule has 1 atom stereocenters. The third-order valence-electron chi connectivity index (χ3n) is 6.13. The molecular weight excluding hydrogens is 432 g/mol. The average Bonchev–Trinajstić information content (AvgIpc) is 3.10. The van der Waals surface area contributed by atoms with E-state index in [1.54, 1.807) is 18.1 Å². The largest absolute Gasteiger partial charge is 0.497 e. The van der Waals surface area contributed by atoms with Gasteiger partial charge in [0.2, 0.25) is 5.91 Å². The molecule has 0 spiro atoms. The van der Waals surface area contributed by atoms with Crippen LogP contribution >= 0.6 is 0 Å². The number of benzene rings is 3. The lowest BCUT2D eigenvalue weighted by Crippen LogP contribution is -2.48. The van der Waals surface area contributed by atoms with Gasteiger partial charge in [-0.05, 0) is 41.3 Å². The van der Waals surface area contributed by atoms with E-state index in [1.807, 2.05) is 72.8 Å². The highest BCUT2D eigenvalue weighted by molar-refractivity contribution is 6.08. The van der Waals surface area contributed by atoms with Crippen LogP contribution in [0.15, 0.2) is 78.9 Å². The summed E-state index contributed by atoms with van der Waals surface area (Å²) < 4.78 is 10.7. The Labute approximate surface area is 198 Å². The van der Waals surface area contributed by atoms with Gasteiger partial charge in [0, 0.05) is 18.8 Å². The zero-order valence-corrected chi connectivity index (χ0v) is 19.1. The Hall–Kier alpha value is -3.84. The predicted octanol–water partition coefficient (Wildman–Crippen LogP) is 3.79. The van der Waals surface area contributed by atoms with E-state index in [0.29, 0.717) is 17.9 Å². The molecule has 1 heterocycles. The van der Waals surface area contributed by atoms with Crippen molar-refractivity contribution >= 4 is 17.7 Å². The van der Waals surface area contributed by atoms with Crippen molar-refractivity contribution in [2.45, 2.75) is 25.0 Å². The van der Waals surface area contributed by atoms with E-state index < -0.39 is 11.5 Å². The van der Waals surface area contributed by atoms with E-state index in [2.05, 4.69) is 5.32 Å². The first-order chi connectivity index (χ1) is 16.6. The van der Waals surface area contributed by atoms with Crippen molar-refractivity contribution in [3.63, 3.8) is 0 Å². The summed E-state index contributed by atoms with van der Waals surface area (Å²) in [5.74, 6) is 0.416. The number of hydrogen-bond acceptors (Lipinski definition) is 5. The number of aliphatic hydroxyl groups is 1. The lowest BCUT2D eigenvalue weighted by atomic mass is 9.78. The number of hydrogen-bond donors (Lipinski definition) is 2. The SMILES string of the molecule is COc1ccc2c(c1)[C@](CCO)(CNC(=O)OCc1ccccc1)C(=O)N2Cc1ccccc1. The van der Waals surface area contributed by atoms with Gasteiger partial charge in [-0.2, -0.15) is 0 Å². The molecule has 0 aliphatic carbocycles. The summed E-state index contributed by atoms with van der Waals surface area (Å²) in [6, 6.07) is 24.5. The number of nitrogens with zero attached hydrogens (tertiary/aromatic N) is 1. The quantitative estimate of drug-likeness (QED) is 0.507. The van der Waals surface area contributed by atoms with Crippen LogP contribution < -0.4 is 15.0 Å². The number of carbonyl (C=O) groups is 2. The van der Waals surface area contributed by atoms with Gasteiger partial charge in [-0.25, -0.2) is 4.79 Å². The van der Waals surface area contributed by atoms with Crippen LogP contribution in [0.1, 0.15) is 23.1 Å². The Kier molecular flexibility index (Phi) is 7.13. The fourth-order valence-electron chi connectivity index (χ4n) is 4.36. The minimum Gasteiger partial charge on any atom is -0.497 e. The normalized spacial score (nSPS) is 16.8. The molecule has 2 amide bonds. The smallest absolute Gasteiger partial charge is 0.407 e. The molecule has 2 N–H and O–H groups in total. The minimum atomic E-state index is -1.14. The Balaban J connectivity index is 1.59. The van der Waals surface area contributed by atoms with E-state index in [9.17, 15) is 14.7 Å². The van der Waals surface area contributed by atoms with Crippen LogP contribution in [-0.2, 0) is 28.1 Å². The molecule has 34 heavy (non-hydrogen) atoms. The van der Waals surface area contributed by atoms with Gasteiger partial charge in [0.05, 0.1) is 19.1 Å². The van der Waals surface area contributed by atoms with Gasteiger partial charge < -0.3 is 24.8 Å². The lowest BCUT2D eigenvalue weighted by Gasteiger charge is -2.28. The van der Waals surface area contributed by atoms with E-state index in [0.717, 1.165) is 16.8 Å². The molecule has 3 aromatic carbocycles. The molecule has 176 valence electrons. The van der Waals surface area contributed by atoms with Gasteiger partial charge in [0.25, 0.3) is 0 Å². The summed E-state index contributed by atoms with van der Waals surface area (Å²) >= 11 is 0.